The van der Waals surface area contributed by atoms with Gasteiger partial charge in [-0.3, -0.25) is 4.98 Å². The van der Waals surface area contributed by atoms with E-state index in [0.717, 1.165) is 33.3 Å². The predicted molar refractivity (Wildman–Crippen MR) is 107 cm³/mol. The van der Waals surface area contributed by atoms with E-state index >= 15 is 0 Å². The number of rotatable bonds is 7. The van der Waals surface area contributed by atoms with Crippen LogP contribution < -0.4 is 10.1 Å². The van der Waals surface area contributed by atoms with Crippen LogP contribution in [0.1, 0.15) is 16.7 Å². The summed E-state index contributed by atoms with van der Waals surface area (Å²) in [6.45, 7) is 2.13. The van der Waals surface area contributed by atoms with Gasteiger partial charge in [-0.15, -0.1) is 0 Å². The van der Waals surface area contributed by atoms with E-state index in [1.54, 1.807) is 0 Å². The fraction of sp³-hybridized carbons (Fsp3) is 0.150. The second-order valence-electron chi connectivity index (χ2n) is 5.62. The van der Waals surface area contributed by atoms with Gasteiger partial charge in [0.05, 0.1) is 8.95 Å². The van der Waals surface area contributed by atoms with E-state index in [1.165, 1.54) is 11.1 Å². The molecular weight excluding hydrogens is 444 g/mol. The summed E-state index contributed by atoms with van der Waals surface area (Å²) >= 11 is 7.23. The van der Waals surface area contributed by atoms with Crippen molar-refractivity contribution < 1.29 is 4.74 Å². The Bertz CT molecular complexity index is 787. The van der Waals surface area contributed by atoms with Crippen LogP contribution in [0.3, 0.4) is 0 Å². The number of hydrogen-bond acceptors (Lipinski definition) is 3. The highest BCUT2D eigenvalue weighted by Crippen LogP contribution is 2.35. The minimum Gasteiger partial charge on any atom is -0.487 e. The monoisotopic (exact) mass is 460 g/mol. The Labute approximate surface area is 164 Å². The lowest BCUT2D eigenvalue weighted by Crippen LogP contribution is -2.12. The van der Waals surface area contributed by atoms with Gasteiger partial charge in [0.2, 0.25) is 0 Å². The van der Waals surface area contributed by atoms with E-state index in [0.29, 0.717) is 6.61 Å². The lowest BCUT2D eigenvalue weighted by atomic mass is 10.2. The second-order valence-corrected chi connectivity index (χ2v) is 7.33. The molecule has 0 saturated carbocycles. The number of aromatic nitrogens is 1. The van der Waals surface area contributed by atoms with Crippen LogP contribution in [0.25, 0.3) is 0 Å². The zero-order chi connectivity index (χ0) is 17.5. The maximum absolute atomic E-state index is 5.96. The summed E-state index contributed by atoms with van der Waals surface area (Å²) in [7, 11) is 0. The molecule has 0 saturated heterocycles. The smallest absolute Gasteiger partial charge is 0.148 e. The third-order valence-electron chi connectivity index (χ3n) is 3.69. The summed E-state index contributed by atoms with van der Waals surface area (Å²) < 4.78 is 7.85. The standard InChI is InChI=1S/C20H18Br2N2O/c21-18-10-17(13-24-12-15-6-8-23-9-7-15)11-19(22)20(18)25-14-16-4-2-1-3-5-16/h1-11,24H,12-14H2. The van der Waals surface area contributed by atoms with Gasteiger partial charge in [-0.2, -0.15) is 0 Å². The number of hydrogen-bond donors (Lipinski definition) is 1. The largest absolute Gasteiger partial charge is 0.487 e. The molecule has 0 aliphatic rings. The van der Waals surface area contributed by atoms with Crippen LogP contribution in [0.15, 0.2) is 75.9 Å². The SMILES string of the molecule is Brc1cc(CNCc2ccncc2)cc(Br)c1OCc1ccccc1. The molecule has 2 aromatic carbocycles. The Morgan fingerprint density at radius 2 is 1.44 bits per heavy atom. The minimum absolute atomic E-state index is 0.539. The van der Waals surface area contributed by atoms with E-state index in [4.69, 9.17) is 4.74 Å². The van der Waals surface area contributed by atoms with Crippen molar-refractivity contribution in [3.8, 4) is 5.75 Å². The molecule has 0 atom stereocenters. The zero-order valence-electron chi connectivity index (χ0n) is 13.6. The third kappa shape index (κ3) is 5.39. The average Bonchev–Trinajstić information content (AvgIpc) is 2.63. The van der Waals surface area contributed by atoms with E-state index in [2.05, 4.69) is 66.4 Å². The molecule has 0 radical (unpaired) electrons. The highest BCUT2D eigenvalue weighted by atomic mass is 79.9. The summed E-state index contributed by atoms with van der Waals surface area (Å²) in [5, 5.41) is 3.44. The molecule has 0 amide bonds. The Morgan fingerprint density at radius 1 is 0.800 bits per heavy atom. The molecule has 3 aromatic rings. The lowest BCUT2D eigenvalue weighted by molar-refractivity contribution is 0.302. The van der Waals surface area contributed by atoms with Crippen molar-refractivity contribution >= 4 is 31.9 Å². The van der Waals surface area contributed by atoms with Crippen LogP contribution in [-0.4, -0.2) is 4.98 Å². The number of halogens is 2. The summed E-state index contributed by atoms with van der Waals surface area (Å²) in [5.74, 6) is 0.821. The molecule has 0 unspecified atom stereocenters. The molecule has 128 valence electrons. The molecule has 1 heterocycles. The Kier molecular flexibility index (Phi) is 6.62. The van der Waals surface area contributed by atoms with E-state index in [9.17, 15) is 0 Å². The first kappa shape index (κ1) is 18.1. The first-order valence-electron chi connectivity index (χ1n) is 7.96. The average molecular weight is 462 g/mol. The molecular formula is C20H18Br2N2O. The molecule has 1 N–H and O–H groups in total. The number of pyridine rings is 1. The van der Waals surface area contributed by atoms with Gasteiger partial charge in [0, 0.05) is 25.5 Å². The van der Waals surface area contributed by atoms with Crippen LogP contribution in [-0.2, 0) is 19.7 Å². The first-order chi connectivity index (χ1) is 12.2. The van der Waals surface area contributed by atoms with Crippen LogP contribution in [0.5, 0.6) is 5.75 Å². The number of nitrogens with zero attached hydrogens (tertiary/aromatic N) is 1. The molecule has 0 bridgehead atoms. The maximum atomic E-state index is 5.96. The zero-order valence-corrected chi connectivity index (χ0v) is 16.8. The highest BCUT2D eigenvalue weighted by molar-refractivity contribution is 9.11. The minimum atomic E-state index is 0.539. The van der Waals surface area contributed by atoms with Gasteiger partial charge in [0.1, 0.15) is 12.4 Å². The summed E-state index contributed by atoms with van der Waals surface area (Å²) in [6.07, 6.45) is 3.62. The Morgan fingerprint density at radius 3 is 2.12 bits per heavy atom. The van der Waals surface area contributed by atoms with Crippen molar-refractivity contribution in [2.24, 2.45) is 0 Å². The van der Waals surface area contributed by atoms with Gasteiger partial charge >= 0.3 is 0 Å². The highest BCUT2D eigenvalue weighted by Gasteiger charge is 2.09. The quantitative estimate of drug-likeness (QED) is 0.506. The van der Waals surface area contributed by atoms with E-state index in [-0.39, 0.29) is 0 Å². The van der Waals surface area contributed by atoms with Crippen molar-refractivity contribution in [1.29, 1.82) is 0 Å². The van der Waals surface area contributed by atoms with Crippen molar-refractivity contribution in [2.75, 3.05) is 0 Å². The molecule has 0 aliphatic carbocycles. The Balaban J connectivity index is 1.59. The third-order valence-corrected chi connectivity index (χ3v) is 4.87. The Hall–Kier alpha value is -1.69. The lowest BCUT2D eigenvalue weighted by Gasteiger charge is -2.13. The van der Waals surface area contributed by atoms with Crippen LogP contribution >= 0.6 is 31.9 Å². The number of benzene rings is 2. The second kappa shape index (κ2) is 9.13. The van der Waals surface area contributed by atoms with E-state index in [1.807, 2.05) is 42.7 Å². The molecule has 3 rings (SSSR count). The first-order valence-corrected chi connectivity index (χ1v) is 9.55. The van der Waals surface area contributed by atoms with Crippen molar-refractivity contribution in [2.45, 2.75) is 19.7 Å². The summed E-state index contributed by atoms with van der Waals surface area (Å²) in [6, 6.07) is 18.3. The van der Waals surface area contributed by atoms with Crippen LogP contribution in [0.4, 0.5) is 0 Å². The van der Waals surface area contributed by atoms with E-state index < -0.39 is 0 Å². The molecule has 1 aromatic heterocycles. The number of ether oxygens (including phenoxy) is 1. The predicted octanol–water partition coefficient (Wildman–Crippen LogP) is 5.48. The molecule has 0 fully saturated rings. The van der Waals surface area contributed by atoms with Gasteiger partial charge in [-0.25, -0.2) is 0 Å². The van der Waals surface area contributed by atoms with Crippen molar-refractivity contribution in [1.82, 2.24) is 10.3 Å². The fourth-order valence-corrected chi connectivity index (χ4v) is 3.94. The molecule has 3 nitrogen and oxygen atoms in total. The van der Waals surface area contributed by atoms with Gasteiger partial charge in [-0.05, 0) is 72.8 Å². The van der Waals surface area contributed by atoms with Crippen molar-refractivity contribution in [3.05, 3.63) is 92.6 Å². The summed E-state index contributed by atoms with van der Waals surface area (Å²) in [5.41, 5.74) is 3.54. The van der Waals surface area contributed by atoms with Crippen LogP contribution in [0.2, 0.25) is 0 Å². The number of nitrogens with one attached hydrogen (secondary N) is 1. The van der Waals surface area contributed by atoms with Gasteiger partial charge in [-0.1, -0.05) is 30.3 Å². The van der Waals surface area contributed by atoms with Crippen molar-refractivity contribution in [3.63, 3.8) is 0 Å². The molecule has 0 spiro atoms. The summed E-state index contributed by atoms with van der Waals surface area (Å²) in [4.78, 5) is 4.03. The van der Waals surface area contributed by atoms with Gasteiger partial charge in [0.25, 0.3) is 0 Å². The normalized spacial score (nSPS) is 10.6. The van der Waals surface area contributed by atoms with Gasteiger partial charge < -0.3 is 10.1 Å². The maximum Gasteiger partial charge on any atom is 0.148 e. The van der Waals surface area contributed by atoms with Crippen LogP contribution in [0, 0.1) is 0 Å². The molecule has 5 heteroatoms. The topological polar surface area (TPSA) is 34.2 Å². The van der Waals surface area contributed by atoms with Gasteiger partial charge in [0.15, 0.2) is 0 Å². The molecule has 25 heavy (non-hydrogen) atoms. The molecule has 0 aliphatic heterocycles. The fourth-order valence-electron chi connectivity index (χ4n) is 2.43.